The summed E-state index contributed by atoms with van der Waals surface area (Å²) in [4.78, 5) is 1.68. The lowest BCUT2D eigenvalue weighted by Gasteiger charge is -1.84. The summed E-state index contributed by atoms with van der Waals surface area (Å²) >= 11 is 0. The quantitative estimate of drug-likeness (QED) is 0.414. The molecule has 1 fully saturated rings. The molecular formula is C4H6FNO2S. The van der Waals surface area contributed by atoms with Gasteiger partial charge in [-0.15, -0.1) is 3.89 Å². The van der Waals surface area contributed by atoms with Crippen molar-refractivity contribution in [3.8, 4) is 0 Å². The minimum Gasteiger partial charge on any atom is -0.373 e. The standard InChI is InChI=1S/C4H6FNO2S/c5-9(7,8)4-3-6-1-2-6/h3-4H,1-2H2/b4-3+. The van der Waals surface area contributed by atoms with Gasteiger partial charge < -0.3 is 4.90 Å². The molecule has 0 N–H and O–H groups in total. The molecule has 0 radical (unpaired) electrons. The molecule has 1 saturated heterocycles. The fraction of sp³-hybridized carbons (Fsp3) is 0.500. The van der Waals surface area contributed by atoms with Crippen LogP contribution in [0, 0.1) is 0 Å². The third-order valence-electron chi connectivity index (χ3n) is 0.916. The van der Waals surface area contributed by atoms with Crippen LogP contribution in [-0.2, 0) is 10.2 Å². The second-order valence-corrected chi connectivity index (χ2v) is 3.02. The van der Waals surface area contributed by atoms with Crippen molar-refractivity contribution in [1.29, 1.82) is 0 Å². The number of halogens is 1. The molecule has 1 aliphatic rings. The second-order valence-electron chi connectivity index (χ2n) is 1.80. The van der Waals surface area contributed by atoms with Crippen molar-refractivity contribution >= 4 is 10.2 Å². The minimum absolute atomic E-state index is 0.556. The molecule has 0 aromatic carbocycles. The van der Waals surface area contributed by atoms with E-state index in [-0.39, 0.29) is 0 Å². The first kappa shape index (κ1) is 6.54. The molecule has 9 heavy (non-hydrogen) atoms. The summed E-state index contributed by atoms with van der Waals surface area (Å²) in [6.45, 7) is 1.65. The SMILES string of the molecule is O=S(=O)(F)/C=C/N1CC1. The van der Waals surface area contributed by atoms with Crippen molar-refractivity contribution in [1.82, 2.24) is 4.90 Å². The molecule has 0 bridgehead atoms. The summed E-state index contributed by atoms with van der Waals surface area (Å²) in [5.74, 6) is 0. The maximum absolute atomic E-state index is 11.6. The van der Waals surface area contributed by atoms with Crippen LogP contribution in [0.15, 0.2) is 11.6 Å². The van der Waals surface area contributed by atoms with Gasteiger partial charge in [0.15, 0.2) is 0 Å². The van der Waals surface area contributed by atoms with Crippen LogP contribution in [0.5, 0.6) is 0 Å². The molecule has 0 amide bonds. The van der Waals surface area contributed by atoms with E-state index in [0.29, 0.717) is 5.41 Å². The summed E-state index contributed by atoms with van der Waals surface area (Å²) < 4.78 is 31.2. The Morgan fingerprint density at radius 3 is 2.33 bits per heavy atom. The van der Waals surface area contributed by atoms with Gasteiger partial charge >= 0.3 is 10.2 Å². The molecule has 1 heterocycles. The number of nitrogens with zero attached hydrogens (tertiary/aromatic N) is 1. The summed E-state index contributed by atoms with van der Waals surface area (Å²) in [5.41, 5.74) is 0. The lowest BCUT2D eigenvalue weighted by molar-refractivity contribution is 0.562. The summed E-state index contributed by atoms with van der Waals surface area (Å²) in [6.07, 6.45) is 1.23. The lowest BCUT2D eigenvalue weighted by atomic mass is 11.0. The molecule has 52 valence electrons. The summed E-state index contributed by atoms with van der Waals surface area (Å²) in [7, 11) is -4.40. The van der Waals surface area contributed by atoms with Gasteiger partial charge in [0, 0.05) is 19.3 Å². The Kier molecular flexibility index (Phi) is 1.44. The van der Waals surface area contributed by atoms with Gasteiger partial charge in [-0.05, 0) is 0 Å². The van der Waals surface area contributed by atoms with E-state index in [2.05, 4.69) is 0 Å². The van der Waals surface area contributed by atoms with Gasteiger partial charge in [0.05, 0.1) is 5.41 Å². The molecular weight excluding hydrogens is 145 g/mol. The Labute approximate surface area is 53.0 Å². The van der Waals surface area contributed by atoms with Gasteiger partial charge in [-0.1, -0.05) is 0 Å². The van der Waals surface area contributed by atoms with Crippen LogP contribution in [-0.4, -0.2) is 26.4 Å². The largest absolute Gasteiger partial charge is 0.373 e. The second kappa shape index (κ2) is 1.98. The van der Waals surface area contributed by atoms with Gasteiger partial charge in [-0.2, -0.15) is 8.42 Å². The van der Waals surface area contributed by atoms with Gasteiger partial charge in [0.1, 0.15) is 0 Å². The first-order valence-electron chi connectivity index (χ1n) is 2.45. The molecule has 0 aliphatic carbocycles. The molecule has 0 atom stereocenters. The molecule has 0 saturated carbocycles. The Morgan fingerprint density at radius 1 is 1.44 bits per heavy atom. The van der Waals surface area contributed by atoms with Crippen molar-refractivity contribution in [2.75, 3.05) is 13.1 Å². The van der Waals surface area contributed by atoms with E-state index in [1.54, 1.807) is 4.90 Å². The van der Waals surface area contributed by atoms with E-state index in [1.807, 2.05) is 0 Å². The molecule has 0 spiro atoms. The summed E-state index contributed by atoms with van der Waals surface area (Å²) in [6, 6.07) is 0. The molecule has 0 aromatic rings. The van der Waals surface area contributed by atoms with Gasteiger partial charge in [-0.3, -0.25) is 0 Å². The molecule has 0 aromatic heterocycles. The van der Waals surface area contributed by atoms with Gasteiger partial charge in [-0.25, -0.2) is 0 Å². The molecule has 3 nitrogen and oxygen atoms in total. The highest BCUT2D eigenvalue weighted by Crippen LogP contribution is 2.05. The normalized spacial score (nSPS) is 19.0. The van der Waals surface area contributed by atoms with Crippen molar-refractivity contribution in [2.45, 2.75) is 0 Å². The maximum Gasteiger partial charge on any atom is 0.326 e. The first-order chi connectivity index (χ1) is 4.08. The van der Waals surface area contributed by atoms with Crippen LogP contribution in [0.1, 0.15) is 0 Å². The Bertz CT molecular complexity index is 217. The molecule has 0 unspecified atom stereocenters. The summed E-state index contributed by atoms with van der Waals surface area (Å²) in [5, 5.41) is 0.556. The zero-order chi connectivity index (χ0) is 6.91. The number of hydrogen-bond donors (Lipinski definition) is 0. The van der Waals surface area contributed by atoms with E-state index in [4.69, 9.17) is 0 Å². The minimum atomic E-state index is -4.40. The number of hydrogen-bond acceptors (Lipinski definition) is 3. The number of rotatable bonds is 2. The van der Waals surface area contributed by atoms with Crippen LogP contribution < -0.4 is 0 Å². The third-order valence-corrected chi connectivity index (χ3v) is 1.36. The predicted molar refractivity (Wildman–Crippen MR) is 30.7 cm³/mol. The smallest absolute Gasteiger partial charge is 0.326 e. The third kappa shape index (κ3) is 3.07. The lowest BCUT2D eigenvalue weighted by Crippen LogP contribution is -1.85. The average Bonchev–Trinajstić information content (AvgIpc) is 2.38. The van der Waals surface area contributed by atoms with E-state index >= 15 is 0 Å². The first-order valence-corrected chi connectivity index (χ1v) is 3.89. The zero-order valence-corrected chi connectivity index (χ0v) is 5.44. The van der Waals surface area contributed by atoms with Crippen LogP contribution in [0.25, 0.3) is 0 Å². The fourth-order valence-corrected chi connectivity index (χ4v) is 0.683. The van der Waals surface area contributed by atoms with Crippen LogP contribution in [0.4, 0.5) is 3.89 Å². The zero-order valence-electron chi connectivity index (χ0n) is 4.62. The van der Waals surface area contributed by atoms with Crippen LogP contribution in [0.2, 0.25) is 0 Å². The van der Waals surface area contributed by atoms with E-state index < -0.39 is 10.2 Å². The highest BCUT2D eigenvalue weighted by Gasteiger charge is 2.12. The highest BCUT2D eigenvalue weighted by atomic mass is 32.3. The monoisotopic (exact) mass is 151 g/mol. The molecule has 1 aliphatic heterocycles. The van der Waals surface area contributed by atoms with Gasteiger partial charge in [0.25, 0.3) is 0 Å². The van der Waals surface area contributed by atoms with Crippen LogP contribution in [0.3, 0.4) is 0 Å². The van der Waals surface area contributed by atoms with Crippen molar-refractivity contribution in [3.63, 3.8) is 0 Å². The maximum atomic E-state index is 11.6. The van der Waals surface area contributed by atoms with Crippen molar-refractivity contribution < 1.29 is 12.3 Å². The van der Waals surface area contributed by atoms with Crippen molar-refractivity contribution in [2.24, 2.45) is 0 Å². The van der Waals surface area contributed by atoms with E-state index in [0.717, 1.165) is 13.1 Å². The average molecular weight is 151 g/mol. The molecule has 5 heteroatoms. The predicted octanol–water partition coefficient (Wildman–Crippen LogP) is 0.0725. The highest BCUT2D eigenvalue weighted by molar-refractivity contribution is 7.89. The van der Waals surface area contributed by atoms with Crippen LogP contribution >= 0.6 is 0 Å². The molecule has 1 rings (SSSR count). The van der Waals surface area contributed by atoms with Crippen molar-refractivity contribution in [3.05, 3.63) is 11.6 Å². The van der Waals surface area contributed by atoms with E-state index in [9.17, 15) is 12.3 Å². The Balaban J connectivity index is 2.48. The Hall–Kier alpha value is -0.580. The fourth-order valence-electron chi connectivity index (χ4n) is 0.366. The van der Waals surface area contributed by atoms with Gasteiger partial charge in [0.2, 0.25) is 0 Å². The topological polar surface area (TPSA) is 37.1 Å². The van der Waals surface area contributed by atoms with E-state index in [1.165, 1.54) is 6.20 Å². The Morgan fingerprint density at radius 2 is 2.00 bits per heavy atom.